The lowest BCUT2D eigenvalue weighted by Gasteiger charge is -2.17. The minimum absolute atomic E-state index is 0.0494. The Morgan fingerprint density at radius 3 is 2.41 bits per heavy atom. The Hall–Kier alpha value is -2.91. The van der Waals surface area contributed by atoms with Gasteiger partial charge in [-0.05, 0) is 48.4 Å². The molecule has 9 heteroatoms. The molecule has 0 unspecified atom stereocenters. The summed E-state index contributed by atoms with van der Waals surface area (Å²) in [6.07, 6.45) is 0.709. The summed E-state index contributed by atoms with van der Waals surface area (Å²) in [5.41, 5.74) is 1.61. The number of anilines is 1. The Balaban J connectivity index is 1.51. The van der Waals surface area contributed by atoms with Gasteiger partial charge in [0.1, 0.15) is 5.75 Å². The van der Waals surface area contributed by atoms with Gasteiger partial charge in [-0.1, -0.05) is 12.1 Å². The number of ether oxygens (including phenoxy) is 1. The SMILES string of the molecule is COc1ccc(N2C[C@H](C(=O)NCCc3ccc(S(N)(=O)=O)cc3)CC2=O)cc1. The molecule has 1 atom stereocenters. The van der Waals surface area contributed by atoms with Crippen LogP contribution in [0.5, 0.6) is 5.75 Å². The third-order valence-corrected chi connectivity index (χ3v) is 5.77. The Morgan fingerprint density at radius 1 is 1.17 bits per heavy atom. The van der Waals surface area contributed by atoms with Crippen molar-refractivity contribution in [2.24, 2.45) is 11.1 Å². The molecule has 3 N–H and O–H groups in total. The summed E-state index contributed by atoms with van der Waals surface area (Å²) < 4.78 is 27.6. The lowest BCUT2D eigenvalue weighted by molar-refractivity contribution is -0.126. The quantitative estimate of drug-likeness (QED) is 0.698. The van der Waals surface area contributed by atoms with E-state index in [2.05, 4.69) is 5.32 Å². The molecule has 154 valence electrons. The second kappa shape index (κ2) is 8.62. The number of primary sulfonamides is 1. The molecule has 1 aliphatic heterocycles. The molecule has 1 aliphatic rings. The molecule has 2 aromatic carbocycles. The van der Waals surface area contributed by atoms with E-state index in [1.54, 1.807) is 48.4 Å². The van der Waals surface area contributed by atoms with E-state index in [0.29, 0.717) is 25.3 Å². The maximum Gasteiger partial charge on any atom is 0.238 e. The van der Waals surface area contributed by atoms with Gasteiger partial charge in [0.05, 0.1) is 17.9 Å². The van der Waals surface area contributed by atoms with E-state index >= 15 is 0 Å². The van der Waals surface area contributed by atoms with Crippen molar-refractivity contribution < 1.29 is 22.7 Å². The van der Waals surface area contributed by atoms with Gasteiger partial charge in [0, 0.05) is 25.2 Å². The molecule has 2 amide bonds. The number of nitrogens with zero attached hydrogens (tertiary/aromatic N) is 1. The minimum Gasteiger partial charge on any atom is -0.497 e. The Kier molecular flexibility index (Phi) is 6.19. The molecule has 0 aliphatic carbocycles. The van der Waals surface area contributed by atoms with Crippen molar-refractivity contribution in [2.75, 3.05) is 25.1 Å². The molecule has 0 spiro atoms. The van der Waals surface area contributed by atoms with Crippen LogP contribution in [0.4, 0.5) is 5.69 Å². The largest absolute Gasteiger partial charge is 0.497 e. The van der Waals surface area contributed by atoms with Crippen LogP contribution >= 0.6 is 0 Å². The fraction of sp³-hybridized carbons (Fsp3) is 0.300. The molecule has 2 aromatic rings. The zero-order valence-corrected chi connectivity index (χ0v) is 16.8. The first kappa shape index (κ1) is 20.8. The zero-order chi connectivity index (χ0) is 21.0. The van der Waals surface area contributed by atoms with Crippen molar-refractivity contribution in [3.05, 3.63) is 54.1 Å². The van der Waals surface area contributed by atoms with E-state index in [4.69, 9.17) is 9.88 Å². The number of hydrogen-bond acceptors (Lipinski definition) is 5. The fourth-order valence-corrected chi connectivity index (χ4v) is 3.73. The first-order valence-electron chi connectivity index (χ1n) is 9.12. The summed E-state index contributed by atoms with van der Waals surface area (Å²) in [7, 11) is -2.14. The molecule has 1 heterocycles. The number of sulfonamides is 1. The molecule has 29 heavy (non-hydrogen) atoms. The van der Waals surface area contributed by atoms with E-state index in [1.807, 2.05) is 0 Å². The molecule has 1 fully saturated rings. The van der Waals surface area contributed by atoms with E-state index in [1.165, 1.54) is 12.1 Å². The van der Waals surface area contributed by atoms with Gasteiger partial charge < -0.3 is 15.0 Å². The molecule has 3 rings (SSSR count). The van der Waals surface area contributed by atoms with Crippen molar-refractivity contribution in [1.29, 1.82) is 0 Å². The van der Waals surface area contributed by atoms with Crippen molar-refractivity contribution in [1.82, 2.24) is 5.32 Å². The van der Waals surface area contributed by atoms with E-state index in [0.717, 1.165) is 11.3 Å². The fourth-order valence-electron chi connectivity index (χ4n) is 3.22. The number of carbonyl (C=O) groups is 2. The summed E-state index contributed by atoms with van der Waals surface area (Å²) in [4.78, 5) is 26.4. The predicted molar refractivity (Wildman–Crippen MR) is 108 cm³/mol. The standard InChI is InChI=1S/C20H23N3O5S/c1-28-17-6-4-16(5-7-17)23-13-15(12-19(23)24)20(25)22-11-10-14-2-8-18(9-3-14)29(21,26)27/h2-9,15H,10-13H2,1H3,(H,22,25)(H2,21,26,27)/t15-/m1/s1. The van der Waals surface area contributed by atoms with Crippen LogP contribution in [0.25, 0.3) is 0 Å². The normalized spacial score (nSPS) is 16.7. The highest BCUT2D eigenvalue weighted by atomic mass is 32.2. The zero-order valence-electron chi connectivity index (χ0n) is 16.0. The predicted octanol–water partition coefficient (Wildman–Crippen LogP) is 1.05. The Labute approximate surface area is 169 Å². The highest BCUT2D eigenvalue weighted by Crippen LogP contribution is 2.26. The van der Waals surface area contributed by atoms with Gasteiger partial charge in [-0.25, -0.2) is 13.6 Å². The minimum atomic E-state index is -3.72. The average molecular weight is 417 g/mol. The lowest BCUT2D eigenvalue weighted by atomic mass is 10.1. The van der Waals surface area contributed by atoms with Gasteiger partial charge in [-0.2, -0.15) is 0 Å². The summed E-state index contributed by atoms with van der Waals surface area (Å²) in [5.74, 6) is 0.0329. The number of methoxy groups -OCH3 is 1. The molecule has 8 nitrogen and oxygen atoms in total. The monoisotopic (exact) mass is 417 g/mol. The van der Waals surface area contributed by atoms with Gasteiger partial charge >= 0.3 is 0 Å². The first-order valence-corrected chi connectivity index (χ1v) is 10.7. The number of rotatable bonds is 7. The highest BCUT2D eigenvalue weighted by Gasteiger charge is 2.34. The van der Waals surface area contributed by atoms with Crippen LogP contribution in [0.15, 0.2) is 53.4 Å². The molecule has 0 bridgehead atoms. The van der Waals surface area contributed by atoms with Gasteiger partial charge in [-0.3, -0.25) is 9.59 Å². The number of nitrogens with one attached hydrogen (secondary N) is 1. The number of amides is 2. The average Bonchev–Trinajstić information content (AvgIpc) is 3.09. The van der Waals surface area contributed by atoms with Crippen LogP contribution in [0.1, 0.15) is 12.0 Å². The maximum absolute atomic E-state index is 12.4. The Morgan fingerprint density at radius 2 is 1.83 bits per heavy atom. The molecular formula is C20H23N3O5S. The highest BCUT2D eigenvalue weighted by molar-refractivity contribution is 7.89. The number of benzene rings is 2. The lowest BCUT2D eigenvalue weighted by Crippen LogP contribution is -2.34. The third kappa shape index (κ3) is 5.12. The molecule has 1 saturated heterocycles. The van der Waals surface area contributed by atoms with Crippen molar-refractivity contribution >= 4 is 27.5 Å². The Bertz CT molecular complexity index is 988. The van der Waals surface area contributed by atoms with E-state index in [9.17, 15) is 18.0 Å². The van der Waals surface area contributed by atoms with Crippen LogP contribution < -0.4 is 20.1 Å². The molecular weight excluding hydrogens is 394 g/mol. The third-order valence-electron chi connectivity index (χ3n) is 4.84. The smallest absolute Gasteiger partial charge is 0.238 e. The van der Waals surface area contributed by atoms with Crippen LogP contribution in [0.2, 0.25) is 0 Å². The van der Waals surface area contributed by atoms with Gasteiger partial charge in [-0.15, -0.1) is 0 Å². The summed E-state index contributed by atoms with van der Waals surface area (Å²) >= 11 is 0. The van der Waals surface area contributed by atoms with Crippen LogP contribution in [-0.2, 0) is 26.0 Å². The number of nitrogens with two attached hydrogens (primary N) is 1. The maximum atomic E-state index is 12.4. The van der Waals surface area contributed by atoms with Gasteiger partial charge in [0.15, 0.2) is 0 Å². The topological polar surface area (TPSA) is 119 Å². The molecule has 0 radical (unpaired) electrons. The van der Waals surface area contributed by atoms with E-state index in [-0.39, 0.29) is 23.1 Å². The summed E-state index contributed by atoms with van der Waals surface area (Å²) in [5, 5.41) is 7.92. The van der Waals surface area contributed by atoms with E-state index < -0.39 is 15.9 Å². The van der Waals surface area contributed by atoms with Crippen molar-refractivity contribution in [3.63, 3.8) is 0 Å². The summed E-state index contributed by atoms with van der Waals surface area (Å²) in [6, 6.07) is 13.3. The second-order valence-electron chi connectivity index (χ2n) is 6.83. The number of carbonyl (C=O) groups excluding carboxylic acids is 2. The first-order chi connectivity index (χ1) is 13.8. The van der Waals surface area contributed by atoms with Crippen molar-refractivity contribution in [2.45, 2.75) is 17.7 Å². The van der Waals surface area contributed by atoms with Gasteiger partial charge in [0.2, 0.25) is 21.8 Å². The summed E-state index contributed by atoms with van der Waals surface area (Å²) in [6.45, 7) is 0.723. The second-order valence-corrected chi connectivity index (χ2v) is 8.39. The van der Waals surface area contributed by atoms with Crippen LogP contribution in [0, 0.1) is 5.92 Å². The molecule has 0 saturated carbocycles. The number of hydrogen-bond donors (Lipinski definition) is 2. The van der Waals surface area contributed by atoms with Crippen molar-refractivity contribution in [3.8, 4) is 5.75 Å². The van der Waals surface area contributed by atoms with Crippen LogP contribution in [0.3, 0.4) is 0 Å². The van der Waals surface area contributed by atoms with Crippen LogP contribution in [-0.4, -0.2) is 40.4 Å². The van der Waals surface area contributed by atoms with Gasteiger partial charge in [0.25, 0.3) is 0 Å². The molecule has 0 aromatic heterocycles.